The number of fused-ring (bicyclic) bond motifs is 2. The molecule has 1 aliphatic rings. The number of nitrogens with zero attached hydrogens (tertiary/aromatic N) is 1. The van der Waals surface area contributed by atoms with E-state index in [1.165, 1.54) is 11.1 Å². The molecule has 0 aliphatic heterocycles. The van der Waals surface area contributed by atoms with Crippen LogP contribution in [0.2, 0.25) is 0 Å². The molecule has 6 N–H and O–H groups in total. The number of amidine groups is 1. The monoisotopic (exact) mass is 507 g/mol. The van der Waals surface area contributed by atoms with Gasteiger partial charge in [0.15, 0.2) is 5.96 Å². The SMILES string of the molecule is COc1cccc(CN=C(N)NC2CCc3ccc(OCc4ccc5cc(C(=N)N)ccc5c4)cc3C2)c1. The third kappa shape index (κ3) is 6.06. The predicted molar refractivity (Wildman–Crippen MR) is 153 cm³/mol. The van der Waals surface area contributed by atoms with Gasteiger partial charge in [-0.25, -0.2) is 4.99 Å². The summed E-state index contributed by atoms with van der Waals surface area (Å²) in [6, 6.07) is 26.5. The first-order valence-electron chi connectivity index (χ1n) is 12.8. The average Bonchev–Trinajstić information content (AvgIpc) is 2.94. The average molecular weight is 508 g/mol. The Morgan fingerprint density at radius 1 is 0.921 bits per heavy atom. The molecule has 0 spiro atoms. The van der Waals surface area contributed by atoms with E-state index >= 15 is 0 Å². The van der Waals surface area contributed by atoms with E-state index in [1.807, 2.05) is 48.5 Å². The molecule has 1 aliphatic carbocycles. The number of nitrogens with one attached hydrogen (secondary N) is 2. The molecule has 0 heterocycles. The number of nitrogen functional groups attached to an aromatic ring is 1. The minimum Gasteiger partial charge on any atom is -0.497 e. The molecule has 0 amide bonds. The van der Waals surface area contributed by atoms with Crippen LogP contribution in [-0.4, -0.2) is 24.9 Å². The maximum absolute atomic E-state index is 7.63. The Balaban J connectivity index is 1.19. The van der Waals surface area contributed by atoms with Crippen LogP contribution in [0.4, 0.5) is 0 Å². The van der Waals surface area contributed by atoms with Gasteiger partial charge in [-0.2, -0.15) is 0 Å². The molecule has 0 bridgehead atoms. The van der Waals surface area contributed by atoms with E-state index in [-0.39, 0.29) is 11.9 Å². The van der Waals surface area contributed by atoms with E-state index in [2.05, 4.69) is 40.6 Å². The first-order valence-corrected chi connectivity index (χ1v) is 12.8. The molecule has 0 radical (unpaired) electrons. The first-order chi connectivity index (χ1) is 18.5. The fraction of sp³-hybridized carbons (Fsp3) is 0.226. The summed E-state index contributed by atoms with van der Waals surface area (Å²) < 4.78 is 11.4. The van der Waals surface area contributed by atoms with Gasteiger partial charge < -0.3 is 26.3 Å². The number of methoxy groups -OCH3 is 1. The fourth-order valence-electron chi connectivity index (χ4n) is 4.87. The Hall–Kier alpha value is -4.52. The van der Waals surface area contributed by atoms with Crippen LogP contribution in [-0.2, 0) is 26.0 Å². The molecule has 4 aromatic rings. The highest BCUT2D eigenvalue weighted by Gasteiger charge is 2.19. The Labute approximate surface area is 223 Å². The zero-order valence-electron chi connectivity index (χ0n) is 21.5. The zero-order chi connectivity index (χ0) is 26.5. The largest absolute Gasteiger partial charge is 0.497 e. The van der Waals surface area contributed by atoms with Crippen molar-refractivity contribution >= 4 is 22.6 Å². The maximum Gasteiger partial charge on any atom is 0.189 e. The van der Waals surface area contributed by atoms with E-state index in [1.54, 1.807) is 7.11 Å². The zero-order valence-corrected chi connectivity index (χ0v) is 21.5. The highest BCUT2D eigenvalue weighted by atomic mass is 16.5. The molecule has 7 heteroatoms. The lowest BCUT2D eigenvalue weighted by atomic mass is 9.88. The summed E-state index contributed by atoms with van der Waals surface area (Å²) in [6.07, 6.45) is 2.87. The number of rotatable bonds is 8. The van der Waals surface area contributed by atoms with Crippen molar-refractivity contribution in [3.05, 3.63) is 107 Å². The Morgan fingerprint density at radius 3 is 2.61 bits per heavy atom. The summed E-state index contributed by atoms with van der Waals surface area (Å²) in [5.41, 5.74) is 17.3. The van der Waals surface area contributed by atoms with Crippen LogP contribution in [0.15, 0.2) is 83.9 Å². The van der Waals surface area contributed by atoms with Crippen LogP contribution < -0.4 is 26.3 Å². The number of aliphatic imine (C=N–C) groups is 1. The Morgan fingerprint density at radius 2 is 1.76 bits per heavy atom. The summed E-state index contributed by atoms with van der Waals surface area (Å²) in [5, 5.41) is 13.2. The van der Waals surface area contributed by atoms with Crippen molar-refractivity contribution in [2.45, 2.75) is 38.5 Å². The van der Waals surface area contributed by atoms with Gasteiger partial charge in [0, 0.05) is 11.6 Å². The molecule has 0 aromatic heterocycles. The summed E-state index contributed by atoms with van der Waals surface area (Å²) in [4.78, 5) is 4.52. The van der Waals surface area contributed by atoms with Crippen LogP contribution in [0, 0.1) is 5.41 Å². The molecule has 38 heavy (non-hydrogen) atoms. The van der Waals surface area contributed by atoms with Crippen molar-refractivity contribution in [3.63, 3.8) is 0 Å². The number of nitrogens with two attached hydrogens (primary N) is 2. The fourth-order valence-corrected chi connectivity index (χ4v) is 4.87. The Kier molecular flexibility index (Phi) is 7.45. The third-order valence-electron chi connectivity index (χ3n) is 6.95. The maximum atomic E-state index is 7.63. The van der Waals surface area contributed by atoms with Crippen molar-refractivity contribution in [1.29, 1.82) is 5.41 Å². The van der Waals surface area contributed by atoms with Gasteiger partial charge in [-0.15, -0.1) is 0 Å². The van der Waals surface area contributed by atoms with Crippen molar-refractivity contribution in [2.75, 3.05) is 7.11 Å². The van der Waals surface area contributed by atoms with E-state index in [0.29, 0.717) is 19.1 Å². The normalized spacial score (nSPS) is 15.1. The number of benzene rings is 4. The van der Waals surface area contributed by atoms with Gasteiger partial charge in [-0.05, 0) is 88.7 Å². The third-order valence-corrected chi connectivity index (χ3v) is 6.95. The van der Waals surface area contributed by atoms with Crippen LogP contribution in [0.1, 0.15) is 34.2 Å². The minimum absolute atomic E-state index is 0.0763. The molecule has 1 atom stereocenters. The highest BCUT2D eigenvalue weighted by molar-refractivity contribution is 5.99. The minimum atomic E-state index is 0.0763. The topological polar surface area (TPSA) is 119 Å². The summed E-state index contributed by atoms with van der Waals surface area (Å²) in [7, 11) is 1.66. The molecular formula is C31H33N5O2. The van der Waals surface area contributed by atoms with Gasteiger partial charge in [0.25, 0.3) is 0 Å². The van der Waals surface area contributed by atoms with Gasteiger partial charge in [0.05, 0.1) is 13.7 Å². The quantitative estimate of drug-likeness (QED) is 0.204. The van der Waals surface area contributed by atoms with E-state index in [4.69, 9.17) is 26.4 Å². The number of hydrogen-bond acceptors (Lipinski definition) is 4. The smallest absolute Gasteiger partial charge is 0.189 e. The standard InChI is InChI=1S/C31H33N5O2/c1-37-28-4-2-3-20(14-28)18-35-31(34)36-27-11-9-22-10-12-29(17-26(22)16-27)38-19-21-5-6-24-15-25(30(32)33)8-7-23(24)13-21/h2-8,10,12-15,17,27H,9,11,16,18-19H2,1H3,(H3,32,33)(H3,34,35,36). The van der Waals surface area contributed by atoms with Crippen molar-refractivity contribution in [1.82, 2.24) is 5.32 Å². The molecule has 0 saturated heterocycles. The van der Waals surface area contributed by atoms with Gasteiger partial charge in [0.1, 0.15) is 23.9 Å². The van der Waals surface area contributed by atoms with E-state index in [0.717, 1.165) is 58.2 Å². The lowest BCUT2D eigenvalue weighted by Crippen LogP contribution is -2.43. The molecule has 0 saturated carbocycles. The molecule has 194 valence electrons. The highest BCUT2D eigenvalue weighted by Crippen LogP contribution is 2.27. The summed E-state index contributed by atoms with van der Waals surface area (Å²) >= 11 is 0. The Bertz CT molecular complexity index is 1500. The van der Waals surface area contributed by atoms with Gasteiger partial charge in [-0.1, -0.05) is 42.5 Å². The number of aryl methyl sites for hydroxylation is 1. The lowest BCUT2D eigenvalue weighted by Gasteiger charge is -2.26. The number of guanidine groups is 1. The summed E-state index contributed by atoms with van der Waals surface area (Å²) in [6.45, 7) is 0.985. The van der Waals surface area contributed by atoms with Crippen molar-refractivity contribution in [2.24, 2.45) is 16.5 Å². The van der Waals surface area contributed by atoms with Crippen LogP contribution >= 0.6 is 0 Å². The second-order valence-corrected chi connectivity index (χ2v) is 9.67. The van der Waals surface area contributed by atoms with Gasteiger partial charge in [0.2, 0.25) is 0 Å². The second-order valence-electron chi connectivity index (χ2n) is 9.67. The van der Waals surface area contributed by atoms with E-state index in [9.17, 15) is 0 Å². The first kappa shape index (κ1) is 25.1. The van der Waals surface area contributed by atoms with Gasteiger partial charge in [-0.3, -0.25) is 5.41 Å². The van der Waals surface area contributed by atoms with Gasteiger partial charge >= 0.3 is 0 Å². The summed E-state index contributed by atoms with van der Waals surface area (Å²) in [5.74, 6) is 2.21. The number of hydrogen-bond donors (Lipinski definition) is 4. The molecule has 4 aromatic carbocycles. The molecule has 5 rings (SSSR count). The molecular weight excluding hydrogens is 474 g/mol. The molecule has 7 nitrogen and oxygen atoms in total. The van der Waals surface area contributed by atoms with Crippen LogP contribution in [0.25, 0.3) is 10.8 Å². The van der Waals surface area contributed by atoms with Crippen molar-refractivity contribution in [3.8, 4) is 11.5 Å². The number of ether oxygens (including phenoxy) is 2. The second kappa shape index (κ2) is 11.3. The van der Waals surface area contributed by atoms with E-state index < -0.39 is 0 Å². The van der Waals surface area contributed by atoms with Crippen LogP contribution in [0.3, 0.4) is 0 Å². The van der Waals surface area contributed by atoms with Crippen LogP contribution in [0.5, 0.6) is 11.5 Å². The molecule has 0 fully saturated rings. The predicted octanol–water partition coefficient (Wildman–Crippen LogP) is 4.67. The van der Waals surface area contributed by atoms with Crippen molar-refractivity contribution < 1.29 is 9.47 Å². The lowest BCUT2D eigenvalue weighted by molar-refractivity contribution is 0.305. The molecule has 1 unspecified atom stereocenters.